The summed E-state index contributed by atoms with van der Waals surface area (Å²) < 4.78 is 70.7. The highest BCUT2D eigenvalue weighted by atomic mass is 32.2. The number of nitrogens with one attached hydrogen (secondary N) is 1. The molecular weight excluding hydrogens is 359 g/mol. The van der Waals surface area contributed by atoms with E-state index in [1.165, 1.54) is 4.68 Å². The van der Waals surface area contributed by atoms with Crippen LogP contribution in [0.15, 0.2) is 24.3 Å². The van der Waals surface area contributed by atoms with Gasteiger partial charge in [-0.3, -0.25) is 0 Å². The van der Waals surface area contributed by atoms with Crippen molar-refractivity contribution in [3.63, 3.8) is 0 Å². The Bertz CT molecular complexity index is 874. The van der Waals surface area contributed by atoms with E-state index in [9.17, 15) is 21.6 Å². The average Bonchev–Trinajstić information content (AvgIpc) is 2.93. The van der Waals surface area contributed by atoms with Gasteiger partial charge in [-0.05, 0) is 24.1 Å². The SMILES string of the molecule is CS(=O)(=O)NCc1ccc(-n2nc(C(F)(F)F)c3c2COCC3)cc1. The van der Waals surface area contributed by atoms with Crippen molar-refractivity contribution >= 4 is 10.0 Å². The predicted octanol–water partition coefficient (Wildman–Crippen LogP) is 2.01. The summed E-state index contributed by atoms with van der Waals surface area (Å²) in [7, 11) is -3.32. The lowest BCUT2D eigenvalue weighted by Crippen LogP contribution is -2.21. The lowest BCUT2D eigenvalue weighted by atomic mass is 10.1. The first-order chi connectivity index (χ1) is 11.6. The first kappa shape index (κ1) is 17.9. The molecule has 0 spiro atoms. The zero-order valence-corrected chi connectivity index (χ0v) is 14.1. The van der Waals surface area contributed by atoms with Gasteiger partial charge in [0.2, 0.25) is 10.0 Å². The van der Waals surface area contributed by atoms with Crippen molar-refractivity contribution in [3.8, 4) is 5.69 Å². The maximum Gasteiger partial charge on any atom is 0.435 e. The molecule has 136 valence electrons. The quantitative estimate of drug-likeness (QED) is 0.887. The molecule has 1 aromatic carbocycles. The number of sulfonamides is 1. The molecule has 0 unspecified atom stereocenters. The van der Waals surface area contributed by atoms with Gasteiger partial charge >= 0.3 is 6.18 Å². The zero-order valence-electron chi connectivity index (χ0n) is 13.3. The molecule has 1 aromatic heterocycles. The molecule has 1 N–H and O–H groups in total. The monoisotopic (exact) mass is 375 g/mol. The number of ether oxygens (including phenoxy) is 1. The van der Waals surface area contributed by atoms with Crippen molar-refractivity contribution in [1.29, 1.82) is 0 Å². The standard InChI is InChI=1S/C15H16F3N3O3S/c1-25(22,23)19-8-10-2-4-11(5-3-10)21-13-9-24-7-6-12(13)14(20-21)15(16,17)18/h2-5,19H,6-9H2,1H3. The predicted molar refractivity (Wildman–Crippen MR) is 83.6 cm³/mol. The molecule has 1 aliphatic heterocycles. The van der Waals surface area contributed by atoms with Gasteiger partial charge in [-0.1, -0.05) is 12.1 Å². The van der Waals surface area contributed by atoms with Crippen molar-refractivity contribution in [3.05, 3.63) is 46.8 Å². The van der Waals surface area contributed by atoms with Gasteiger partial charge in [-0.15, -0.1) is 0 Å². The highest BCUT2D eigenvalue weighted by molar-refractivity contribution is 7.88. The maximum absolute atomic E-state index is 13.2. The normalized spacial score (nSPS) is 15.2. The summed E-state index contributed by atoms with van der Waals surface area (Å²) in [4.78, 5) is 0. The number of nitrogens with zero attached hydrogens (tertiary/aromatic N) is 2. The molecule has 1 aliphatic rings. The first-order valence-electron chi connectivity index (χ1n) is 7.45. The van der Waals surface area contributed by atoms with Crippen LogP contribution < -0.4 is 4.72 Å². The molecule has 0 radical (unpaired) electrons. The molecule has 25 heavy (non-hydrogen) atoms. The number of fused-ring (bicyclic) bond motifs is 1. The summed E-state index contributed by atoms with van der Waals surface area (Å²) in [6, 6.07) is 6.47. The van der Waals surface area contributed by atoms with Crippen LogP contribution >= 0.6 is 0 Å². The average molecular weight is 375 g/mol. The van der Waals surface area contributed by atoms with Crippen LogP contribution in [0, 0.1) is 0 Å². The van der Waals surface area contributed by atoms with Crippen LogP contribution in [0.1, 0.15) is 22.5 Å². The molecule has 0 aliphatic carbocycles. The zero-order chi connectivity index (χ0) is 18.2. The number of hydrogen-bond acceptors (Lipinski definition) is 4. The summed E-state index contributed by atoms with van der Waals surface area (Å²) in [6.07, 6.45) is -3.30. The van der Waals surface area contributed by atoms with E-state index >= 15 is 0 Å². The van der Waals surface area contributed by atoms with Gasteiger partial charge in [0.25, 0.3) is 0 Å². The molecule has 0 atom stereocenters. The second-order valence-corrected chi connectivity index (χ2v) is 7.58. The molecular formula is C15H16F3N3O3S. The highest BCUT2D eigenvalue weighted by Crippen LogP contribution is 2.35. The summed E-state index contributed by atoms with van der Waals surface area (Å²) >= 11 is 0. The molecule has 2 heterocycles. The molecule has 0 fully saturated rings. The minimum absolute atomic E-state index is 0.0653. The van der Waals surface area contributed by atoms with Crippen LogP contribution in [-0.2, 0) is 40.5 Å². The van der Waals surface area contributed by atoms with E-state index in [2.05, 4.69) is 9.82 Å². The minimum atomic E-state index is -4.52. The van der Waals surface area contributed by atoms with Crippen LogP contribution in [0.4, 0.5) is 13.2 Å². The van der Waals surface area contributed by atoms with Crippen molar-refractivity contribution < 1.29 is 26.3 Å². The van der Waals surface area contributed by atoms with Crippen LogP contribution in [0.2, 0.25) is 0 Å². The van der Waals surface area contributed by atoms with Gasteiger partial charge in [0.1, 0.15) is 0 Å². The van der Waals surface area contributed by atoms with E-state index < -0.39 is 21.9 Å². The van der Waals surface area contributed by atoms with Crippen molar-refractivity contribution in [1.82, 2.24) is 14.5 Å². The number of hydrogen-bond donors (Lipinski definition) is 1. The van der Waals surface area contributed by atoms with E-state index in [-0.39, 0.29) is 31.7 Å². The number of aromatic nitrogens is 2. The van der Waals surface area contributed by atoms with Crippen molar-refractivity contribution in [2.45, 2.75) is 25.7 Å². The van der Waals surface area contributed by atoms with Crippen LogP contribution in [0.5, 0.6) is 0 Å². The van der Waals surface area contributed by atoms with Gasteiger partial charge in [-0.2, -0.15) is 18.3 Å². The van der Waals surface area contributed by atoms with Gasteiger partial charge < -0.3 is 4.74 Å². The third-order valence-electron chi connectivity index (χ3n) is 3.81. The van der Waals surface area contributed by atoms with Crippen molar-refractivity contribution in [2.24, 2.45) is 0 Å². The fourth-order valence-corrected chi connectivity index (χ4v) is 3.08. The second-order valence-electron chi connectivity index (χ2n) is 5.75. The molecule has 0 saturated carbocycles. The summed E-state index contributed by atoms with van der Waals surface area (Å²) in [5.41, 5.74) is 0.818. The van der Waals surface area contributed by atoms with Gasteiger partial charge in [-0.25, -0.2) is 17.8 Å². The summed E-state index contributed by atoms with van der Waals surface area (Å²) in [5, 5.41) is 3.75. The Labute approximate surface area is 142 Å². The second kappa shape index (κ2) is 6.43. The third-order valence-corrected chi connectivity index (χ3v) is 4.48. The van der Waals surface area contributed by atoms with Crippen LogP contribution in [0.3, 0.4) is 0 Å². The van der Waals surface area contributed by atoms with E-state index in [0.29, 0.717) is 16.9 Å². The highest BCUT2D eigenvalue weighted by Gasteiger charge is 2.39. The molecule has 0 bridgehead atoms. The Kier molecular flexibility index (Phi) is 4.60. The van der Waals surface area contributed by atoms with Crippen LogP contribution in [-0.4, -0.2) is 31.1 Å². The lowest BCUT2D eigenvalue weighted by Gasteiger charge is -2.15. The van der Waals surface area contributed by atoms with Crippen LogP contribution in [0.25, 0.3) is 5.69 Å². The topological polar surface area (TPSA) is 73.2 Å². The number of halogens is 3. The third kappa shape index (κ3) is 4.02. The van der Waals surface area contributed by atoms with Gasteiger partial charge in [0.15, 0.2) is 5.69 Å². The molecule has 10 heteroatoms. The number of benzene rings is 1. The van der Waals surface area contributed by atoms with Crippen molar-refractivity contribution in [2.75, 3.05) is 12.9 Å². The molecule has 0 saturated heterocycles. The van der Waals surface area contributed by atoms with Gasteiger partial charge in [0, 0.05) is 12.1 Å². The largest absolute Gasteiger partial charge is 0.435 e. The van der Waals surface area contributed by atoms with E-state index in [0.717, 1.165) is 6.26 Å². The summed E-state index contributed by atoms with van der Waals surface area (Å²) in [5.74, 6) is 0. The lowest BCUT2D eigenvalue weighted by molar-refractivity contribution is -0.142. The Morgan fingerprint density at radius 1 is 1.28 bits per heavy atom. The Hall–Kier alpha value is -1.91. The fraction of sp³-hybridized carbons (Fsp3) is 0.400. The number of alkyl halides is 3. The minimum Gasteiger partial charge on any atom is -0.375 e. The Balaban J connectivity index is 1.93. The molecule has 6 nitrogen and oxygen atoms in total. The van der Waals surface area contributed by atoms with E-state index in [1.807, 2.05) is 0 Å². The summed E-state index contributed by atoms with van der Waals surface area (Å²) in [6.45, 7) is 0.404. The van der Waals surface area contributed by atoms with Gasteiger partial charge in [0.05, 0.1) is 30.9 Å². The van der Waals surface area contributed by atoms with E-state index in [1.54, 1.807) is 24.3 Å². The first-order valence-corrected chi connectivity index (χ1v) is 9.34. The Morgan fingerprint density at radius 2 is 1.96 bits per heavy atom. The van der Waals surface area contributed by atoms with E-state index in [4.69, 9.17) is 4.74 Å². The Morgan fingerprint density at radius 3 is 2.56 bits per heavy atom. The number of rotatable bonds is 4. The molecule has 2 aromatic rings. The molecule has 0 amide bonds. The smallest absolute Gasteiger partial charge is 0.375 e. The fourth-order valence-electron chi connectivity index (χ4n) is 2.65. The molecule has 3 rings (SSSR count). The maximum atomic E-state index is 13.2.